The minimum atomic E-state index is -1.67. The molecule has 0 aliphatic carbocycles. The Kier molecular flexibility index (Phi) is 50.0. The summed E-state index contributed by atoms with van der Waals surface area (Å²) in [5.74, 6) is -3.67. The molecule has 2 aliphatic rings. The quantitative estimate of drug-likeness (QED) is 0.0214. The molecule has 2 rings (SSSR count). The van der Waals surface area contributed by atoms with Crippen molar-refractivity contribution in [3.8, 4) is 0 Å². The normalized spacial score (nSPS) is 22.3. The second-order valence-electron chi connectivity index (χ2n) is 25.8. The van der Waals surface area contributed by atoms with E-state index < -0.39 is 153 Å². The summed E-state index contributed by atoms with van der Waals surface area (Å²) >= 11 is 0. The SMILES string of the molecule is COCCCCCCNC(=O)CCCCCNC(=O)C(CCCCNC(=O)CCCCCO[C@H](O)C(NC(C)=O)[C@@H](O)[C@@H](O)CCO)NC(=O)C(CCCCNC(=O)CCCCCO[C@@H]1OC(CO)[C@H](O)[C@H](O)C1NC(C)=O)NC(=O)CCCCCO[C@@H]1OC(CO)[C@H](O)[C@H](O)C1NC(C)=O. The smallest absolute Gasteiger partial charge is 0.243 e. The van der Waals surface area contributed by atoms with Crippen LogP contribution < -0.4 is 47.9 Å². The molecule has 2 aliphatic heterocycles. The van der Waals surface area contributed by atoms with E-state index in [1.165, 1.54) is 20.8 Å². The molecule has 0 aromatic heterocycles. The number of hydrogen-bond donors (Lipinski definition) is 19. The van der Waals surface area contributed by atoms with E-state index >= 15 is 0 Å². The van der Waals surface area contributed by atoms with Crippen molar-refractivity contribution in [3.63, 3.8) is 0 Å². The van der Waals surface area contributed by atoms with Gasteiger partial charge in [-0.25, -0.2) is 0 Å². The zero-order valence-corrected chi connectivity index (χ0v) is 59.7. The van der Waals surface area contributed by atoms with Gasteiger partial charge in [-0.15, -0.1) is 0 Å². The van der Waals surface area contributed by atoms with E-state index in [-0.39, 0.29) is 95.7 Å². The van der Waals surface area contributed by atoms with Gasteiger partial charge in [0.15, 0.2) is 18.9 Å². The minimum absolute atomic E-state index is 0.00726. The molecule has 0 bridgehead atoms. The van der Waals surface area contributed by atoms with E-state index in [1.54, 1.807) is 7.11 Å². The lowest BCUT2D eigenvalue weighted by atomic mass is 9.97. The Labute approximate surface area is 593 Å². The lowest BCUT2D eigenvalue weighted by Gasteiger charge is -2.42. The molecule has 0 spiro atoms. The fraction of sp³-hybridized carbons (Fsp3) is 0.866. The molecule has 0 saturated carbocycles. The maximum atomic E-state index is 14.4. The van der Waals surface area contributed by atoms with Crippen LogP contribution in [0.2, 0.25) is 0 Å². The van der Waals surface area contributed by atoms with Crippen molar-refractivity contribution in [1.29, 1.82) is 0 Å². The molecule has 586 valence electrons. The topological polar surface area (TPSA) is 520 Å². The van der Waals surface area contributed by atoms with Gasteiger partial charge in [0.1, 0.15) is 72.9 Å². The molecule has 2 saturated heterocycles. The van der Waals surface area contributed by atoms with Gasteiger partial charge in [0.25, 0.3) is 0 Å². The molecule has 34 nitrogen and oxygen atoms in total. The fourth-order valence-electron chi connectivity index (χ4n) is 11.3. The van der Waals surface area contributed by atoms with Crippen molar-refractivity contribution in [2.45, 2.75) is 292 Å². The number of unbranched alkanes of at least 4 members (excludes halogenated alkanes) is 13. The molecule has 2 fully saturated rings. The van der Waals surface area contributed by atoms with E-state index in [2.05, 4.69) is 47.9 Å². The van der Waals surface area contributed by atoms with Crippen LogP contribution in [-0.2, 0) is 71.6 Å². The van der Waals surface area contributed by atoms with E-state index in [0.717, 1.165) is 25.7 Å². The zero-order chi connectivity index (χ0) is 74.9. The number of nitrogens with one attached hydrogen (secondary N) is 9. The van der Waals surface area contributed by atoms with Crippen LogP contribution in [0.15, 0.2) is 0 Å². The maximum Gasteiger partial charge on any atom is 0.243 e. The Morgan fingerprint density at radius 1 is 0.416 bits per heavy atom. The van der Waals surface area contributed by atoms with E-state index in [1.807, 2.05) is 0 Å². The first-order valence-electron chi connectivity index (χ1n) is 36.1. The molecule has 0 radical (unpaired) electrons. The second kappa shape index (κ2) is 55.1. The van der Waals surface area contributed by atoms with Crippen molar-refractivity contribution in [3.05, 3.63) is 0 Å². The molecular weight excluding hydrogens is 1330 g/mol. The Bertz CT molecular complexity index is 2340. The van der Waals surface area contributed by atoms with Gasteiger partial charge >= 0.3 is 0 Å². The van der Waals surface area contributed by atoms with Crippen LogP contribution in [0, 0.1) is 0 Å². The van der Waals surface area contributed by atoms with Gasteiger partial charge in [-0.05, 0) is 109 Å². The maximum absolute atomic E-state index is 14.4. The fourth-order valence-corrected chi connectivity index (χ4v) is 11.3. The average molecular weight is 1450 g/mol. The Balaban J connectivity index is 2.10. The predicted molar refractivity (Wildman–Crippen MR) is 364 cm³/mol. The Morgan fingerprint density at radius 3 is 1.25 bits per heavy atom. The molecule has 101 heavy (non-hydrogen) atoms. The van der Waals surface area contributed by atoms with Gasteiger partial charge < -0.3 is 127 Å². The molecule has 9 amide bonds. The van der Waals surface area contributed by atoms with Crippen molar-refractivity contribution in [2.75, 3.05) is 79.5 Å². The third-order valence-corrected chi connectivity index (χ3v) is 17.1. The van der Waals surface area contributed by atoms with Crippen LogP contribution in [0.5, 0.6) is 0 Å². The summed E-state index contributed by atoms with van der Waals surface area (Å²) in [6.07, 6.45) is -3.25. The lowest BCUT2D eigenvalue weighted by molar-refractivity contribution is -0.270. The molecule has 34 heteroatoms. The highest BCUT2D eigenvalue weighted by molar-refractivity contribution is 5.92. The van der Waals surface area contributed by atoms with Crippen molar-refractivity contribution < 1.29 is 123 Å². The highest BCUT2D eigenvalue weighted by Gasteiger charge is 2.47. The summed E-state index contributed by atoms with van der Waals surface area (Å²) in [7, 11) is 1.66. The molecule has 0 aromatic carbocycles. The highest BCUT2D eigenvalue weighted by Crippen LogP contribution is 2.25. The van der Waals surface area contributed by atoms with Crippen LogP contribution in [0.3, 0.4) is 0 Å². The summed E-state index contributed by atoms with van der Waals surface area (Å²) in [5.41, 5.74) is 0. The number of aliphatic hydroxyl groups is 10. The standard InChI is InChI=1S/C67H123N9O25/c1-43(80)72-55(58(88)48(83)31-36-77)65(95)97-38-22-8-12-28-52(85)69-33-19-15-25-46(63(93)71-35-18-7-11-27-51(84)68-32-17-5-6-21-37-96-4)76-64(94)47(75-54(87)30-14-10-24-40-99-67-57(74-45(3)82)62(92)60(90)50(42-79)101-67)26-16-20-34-70-53(86)29-13-9-23-39-98-66-56(73-44(2)81)61(91)59(89)49(41-78)100-66/h46-50,55-62,65-67,77-79,83,88-92,95H,5-42H2,1-4H3,(H,68,84)(H,69,85)(H,70,86)(H,71,93)(H,72,80)(H,73,81)(H,74,82)(H,75,87)(H,76,94)/t46?,47?,48-,49?,50?,55?,56?,57?,58-,59-,60-,61+,62+,65-,66+,67+/m0/s1. The largest absolute Gasteiger partial charge is 0.396 e. The van der Waals surface area contributed by atoms with Gasteiger partial charge in [0.05, 0.1) is 19.3 Å². The molecule has 0 aromatic rings. The van der Waals surface area contributed by atoms with Gasteiger partial charge in [-0.2, -0.15) is 0 Å². The minimum Gasteiger partial charge on any atom is -0.396 e. The summed E-state index contributed by atoms with van der Waals surface area (Å²) in [5, 5.41) is 126. The lowest BCUT2D eigenvalue weighted by Crippen LogP contribution is -2.64. The number of methoxy groups -OCH3 is 1. The first kappa shape index (κ1) is 91.7. The molecule has 2 heterocycles. The molecular formula is C67H123N9O25. The first-order valence-corrected chi connectivity index (χ1v) is 36.1. The van der Waals surface area contributed by atoms with Gasteiger partial charge in [-0.1, -0.05) is 38.5 Å². The summed E-state index contributed by atoms with van der Waals surface area (Å²) < 4.78 is 33.3. The Hall–Kier alpha value is -5.41. The summed E-state index contributed by atoms with van der Waals surface area (Å²) in [4.78, 5) is 115. The third-order valence-electron chi connectivity index (χ3n) is 17.1. The molecule has 16 atom stereocenters. The highest BCUT2D eigenvalue weighted by atomic mass is 16.7. The third kappa shape index (κ3) is 39.9. The zero-order valence-electron chi connectivity index (χ0n) is 59.7. The average Bonchev–Trinajstić information content (AvgIpc) is 0.818. The predicted octanol–water partition coefficient (Wildman–Crippen LogP) is -2.93. The van der Waals surface area contributed by atoms with Crippen molar-refractivity contribution >= 4 is 53.2 Å². The van der Waals surface area contributed by atoms with Gasteiger partial charge in [-0.3, -0.25) is 43.2 Å². The van der Waals surface area contributed by atoms with Crippen LogP contribution in [0.4, 0.5) is 0 Å². The molecule has 19 N–H and O–H groups in total. The van der Waals surface area contributed by atoms with Crippen LogP contribution in [-0.4, -0.2) is 282 Å². The number of rotatable bonds is 58. The Morgan fingerprint density at radius 2 is 0.812 bits per heavy atom. The number of carbonyl (C=O) groups is 9. The first-order chi connectivity index (χ1) is 48.4. The molecule has 7 unspecified atom stereocenters. The van der Waals surface area contributed by atoms with E-state index in [9.17, 15) is 89.1 Å². The second-order valence-corrected chi connectivity index (χ2v) is 25.8. The van der Waals surface area contributed by atoms with E-state index in [4.69, 9.17) is 33.5 Å². The van der Waals surface area contributed by atoms with Crippen molar-refractivity contribution in [2.24, 2.45) is 0 Å². The number of aliphatic hydroxyl groups excluding tert-OH is 10. The van der Waals surface area contributed by atoms with Crippen molar-refractivity contribution in [1.82, 2.24) is 47.9 Å². The van der Waals surface area contributed by atoms with Gasteiger partial charge in [0, 0.05) is 113 Å². The van der Waals surface area contributed by atoms with Crippen LogP contribution >= 0.6 is 0 Å². The monoisotopic (exact) mass is 1450 g/mol. The van der Waals surface area contributed by atoms with Gasteiger partial charge in [0.2, 0.25) is 53.2 Å². The summed E-state index contributed by atoms with van der Waals surface area (Å²) in [6, 6.07) is -5.76. The summed E-state index contributed by atoms with van der Waals surface area (Å²) in [6.45, 7) is 4.20. The van der Waals surface area contributed by atoms with E-state index in [0.29, 0.717) is 122 Å². The van der Waals surface area contributed by atoms with Crippen LogP contribution in [0.1, 0.15) is 194 Å². The number of amides is 9. The van der Waals surface area contributed by atoms with Crippen LogP contribution in [0.25, 0.3) is 0 Å². The number of hydrogen-bond acceptors (Lipinski definition) is 25. The number of ether oxygens (including phenoxy) is 6. The number of carbonyl (C=O) groups excluding carboxylic acids is 9.